The van der Waals surface area contributed by atoms with Crippen LogP contribution in [0.25, 0.3) is 11.3 Å². The Labute approximate surface area is 81.8 Å². The normalized spacial score (nSPS) is 10.4. The fraction of sp³-hybridized carbons (Fsp3) is 0.200. The third kappa shape index (κ3) is 1.25. The zero-order valence-electron chi connectivity index (χ0n) is 8.11. The van der Waals surface area contributed by atoms with Gasteiger partial charge in [0.1, 0.15) is 5.82 Å². The fourth-order valence-electron chi connectivity index (χ4n) is 1.30. The van der Waals surface area contributed by atoms with Crippen molar-refractivity contribution in [3.05, 3.63) is 29.7 Å². The molecule has 0 unspecified atom stereocenters. The largest absolute Gasteiger partial charge is 0.472 e. The number of hydrogen-bond donors (Lipinski definition) is 1. The highest BCUT2D eigenvalue weighted by atomic mass is 16.3. The van der Waals surface area contributed by atoms with Crippen LogP contribution in [-0.2, 0) is 0 Å². The Hall–Kier alpha value is -1.84. The summed E-state index contributed by atoms with van der Waals surface area (Å²) in [4.78, 5) is 0. The summed E-state index contributed by atoms with van der Waals surface area (Å²) in [6.45, 7) is 3.91. The van der Waals surface area contributed by atoms with Crippen LogP contribution in [0.4, 0.5) is 5.82 Å². The van der Waals surface area contributed by atoms with Crippen molar-refractivity contribution in [3.63, 3.8) is 0 Å². The van der Waals surface area contributed by atoms with E-state index in [-0.39, 0.29) is 0 Å². The fourth-order valence-corrected chi connectivity index (χ4v) is 1.30. The van der Waals surface area contributed by atoms with Crippen molar-refractivity contribution < 1.29 is 4.42 Å². The van der Waals surface area contributed by atoms with E-state index in [9.17, 15) is 0 Å². The van der Waals surface area contributed by atoms with E-state index in [0.29, 0.717) is 5.82 Å². The van der Waals surface area contributed by atoms with Gasteiger partial charge in [-0.05, 0) is 31.0 Å². The van der Waals surface area contributed by atoms with Crippen LogP contribution in [0.1, 0.15) is 11.1 Å². The van der Waals surface area contributed by atoms with Gasteiger partial charge in [-0.3, -0.25) is 0 Å². The number of rotatable bonds is 1. The minimum Gasteiger partial charge on any atom is -0.472 e. The molecule has 0 amide bonds. The molecule has 0 spiro atoms. The third-order valence-corrected chi connectivity index (χ3v) is 2.35. The van der Waals surface area contributed by atoms with Crippen molar-refractivity contribution in [2.24, 2.45) is 0 Å². The number of aromatic nitrogens is 2. The first kappa shape index (κ1) is 8.74. The first-order chi connectivity index (χ1) is 6.70. The van der Waals surface area contributed by atoms with Gasteiger partial charge in [0, 0.05) is 5.56 Å². The number of nitrogens with zero attached hydrogens (tertiary/aromatic N) is 2. The topological polar surface area (TPSA) is 64.9 Å². The van der Waals surface area contributed by atoms with Gasteiger partial charge in [0.25, 0.3) is 0 Å². The summed E-state index contributed by atoms with van der Waals surface area (Å²) < 4.78 is 4.99. The molecule has 2 heterocycles. The van der Waals surface area contributed by atoms with Crippen LogP contribution in [0.5, 0.6) is 0 Å². The molecule has 0 saturated carbocycles. The molecule has 2 rings (SSSR count). The molecule has 0 bridgehead atoms. The first-order valence-electron chi connectivity index (χ1n) is 4.32. The minimum absolute atomic E-state index is 0.481. The van der Waals surface area contributed by atoms with Crippen LogP contribution in [0.2, 0.25) is 0 Å². The zero-order chi connectivity index (χ0) is 10.1. The molecule has 4 nitrogen and oxygen atoms in total. The van der Waals surface area contributed by atoms with Crippen LogP contribution in [0.15, 0.2) is 23.0 Å². The molecule has 0 aliphatic heterocycles. The van der Waals surface area contributed by atoms with Crippen LogP contribution in [0.3, 0.4) is 0 Å². The monoisotopic (exact) mass is 189 g/mol. The van der Waals surface area contributed by atoms with E-state index in [1.165, 1.54) is 0 Å². The van der Waals surface area contributed by atoms with Crippen LogP contribution in [0, 0.1) is 13.8 Å². The maximum atomic E-state index is 5.65. The standard InChI is InChI=1S/C10H11N3O/c1-6-7(2)10(11)13-12-9(6)8-3-4-14-5-8/h3-5H,1-2H3,(H2,11,13). The maximum absolute atomic E-state index is 5.65. The molecule has 0 fully saturated rings. The van der Waals surface area contributed by atoms with Crippen molar-refractivity contribution in [1.29, 1.82) is 0 Å². The average Bonchev–Trinajstić information content (AvgIpc) is 2.67. The molecule has 2 aromatic rings. The van der Waals surface area contributed by atoms with E-state index in [1.54, 1.807) is 12.5 Å². The van der Waals surface area contributed by atoms with Crippen molar-refractivity contribution >= 4 is 5.82 Å². The van der Waals surface area contributed by atoms with Gasteiger partial charge in [-0.2, -0.15) is 0 Å². The molecular weight excluding hydrogens is 178 g/mol. The lowest BCUT2D eigenvalue weighted by Crippen LogP contribution is -2.01. The highest BCUT2D eigenvalue weighted by Crippen LogP contribution is 2.24. The number of nitrogen functional groups attached to an aromatic ring is 1. The maximum Gasteiger partial charge on any atom is 0.149 e. The molecule has 2 aromatic heterocycles. The Bertz CT molecular complexity index is 449. The van der Waals surface area contributed by atoms with Gasteiger partial charge < -0.3 is 10.2 Å². The Balaban J connectivity index is 2.61. The summed E-state index contributed by atoms with van der Waals surface area (Å²) >= 11 is 0. The molecule has 0 atom stereocenters. The van der Waals surface area contributed by atoms with E-state index in [2.05, 4.69) is 10.2 Å². The first-order valence-corrected chi connectivity index (χ1v) is 4.32. The van der Waals surface area contributed by atoms with Gasteiger partial charge >= 0.3 is 0 Å². The molecule has 0 aliphatic carbocycles. The molecule has 0 aromatic carbocycles. The van der Waals surface area contributed by atoms with E-state index in [4.69, 9.17) is 10.2 Å². The Morgan fingerprint density at radius 2 is 2.00 bits per heavy atom. The Morgan fingerprint density at radius 1 is 1.21 bits per heavy atom. The van der Waals surface area contributed by atoms with Gasteiger partial charge in [-0.1, -0.05) is 0 Å². The average molecular weight is 189 g/mol. The van der Waals surface area contributed by atoms with Gasteiger partial charge in [0.05, 0.1) is 18.2 Å². The summed E-state index contributed by atoms with van der Waals surface area (Å²) in [5.41, 5.74) is 9.41. The molecule has 0 radical (unpaired) electrons. The second-order valence-electron chi connectivity index (χ2n) is 3.20. The highest BCUT2D eigenvalue weighted by molar-refractivity contribution is 5.64. The lowest BCUT2D eigenvalue weighted by molar-refractivity contribution is 0.568. The molecule has 2 N–H and O–H groups in total. The summed E-state index contributed by atoms with van der Waals surface area (Å²) in [6.07, 6.45) is 3.26. The Morgan fingerprint density at radius 3 is 2.64 bits per heavy atom. The number of hydrogen-bond acceptors (Lipinski definition) is 4. The summed E-state index contributed by atoms with van der Waals surface area (Å²) in [5, 5.41) is 7.93. The van der Waals surface area contributed by atoms with E-state index < -0.39 is 0 Å². The van der Waals surface area contributed by atoms with Crippen LogP contribution in [-0.4, -0.2) is 10.2 Å². The quantitative estimate of drug-likeness (QED) is 0.744. The van der Waals surface area contributed by atoms with Gasteiger partial charge in [0.15, 0.2) is 0 Å². The van der Waals surface area contributed by atoms with Gasteiger partial charge in [-0.15, -0.1) is 10.2 Å². The molecular formula is C10H11N3O. The van der Waals surface area contributed by atoms with Crippen LogP contribution < -0.4 is 5.73 Å². The molecule has 4 heteroatoms. The number of nitrogens with two attached hydrogens (primary N) is 1. The molecule has 14 heavy (non-hydrogen) atoms. The van der Waals surface area contributed by atoms with Crippen molar-refractivity contribution in [3.8, 4) is 11.3 Å². The number of furan rings is 1. The van der Waals surface area contributed by atoms with Crippen molar-refractivity contribution in [2.45, 2.75) is 13.8 Å². The smallest absolute Gasteiger partial charge is 0.149 e. The molecule has 0 saturated heterocycles. The van der Waals surface area contributed by atoms with Gasteiger partial charge in [-0.25, -0.2) is 0 Å². The SMILES string of the molecule is Cc1c(N)nnc(-c2ccoc2)c1C. The van der Waals surface area contributed by atoms with Crippen molar-refractivity contribution in [2.75, 3.05) is 5.73 Å². The van der Waals surface area contributed by atoms with E-state index in [0.717, 1.165) is 22.4 Å². The lowest BCUT2D eigenvalue weighted by atomic mass is 10.1. The Kier molecular flexibility index (Phi) is 1.96. The summed E-state index contributed by atoms with van der Waals surface area (Å²) in [5.74, 6) is 0.481. The third-order valence-electron chi connectivity index (χ3n) is 2.35. The minimum atomic E-state index is 0.481. The predicted octanol–water partition coefficient (Wildman–Crippen LogP) is 1.94. The highest BCUT2D eigenvalue weighted by Gasteiger charge is 2.09. The summed E-state index contributed by atoms with van der Waals surface area (Å²) in [6, 6.07) is 1.85. The number of anilines is 1. The lowest BCUT2D eigenvalue weighted by Gasteiger charge is -2.06. The van der Waals surface area contributed by atoms with E-state index in [1.807, 2.05) is 19.9 Å². The van der Waals surface area contributed by atoms with Gasteiger partial charge in [0.2, 0.25) is 0 Å². The predicted molar refractivity (Wildman–Crippen MR) is 53.6 cm³/mol. The molecule has 0 aliphatic rings. The van der Waals surface area contributed by atoms with E-state index >= 15 is 0 Å². The van der Waals surface area contributed by atoms with Crippen molar-refractivity contribution in [1.82, 2.24) is 10.2 Å². The summed E-state index contributed by atoms with van der Waals surface area (Å²) in [7, 11) is 0. The second-order valence-corrected chi connectivity index (χ2v) is 3.20. The zero-order valence-corrected chi connectivity index (χ0v) is 8.11. The second kappa shape index (κ2) is 3.14. The van der Waals surface area contributed by atoms with Crippen LogP contribution >= 0.6 is 0 Å². The molecule has 72 valence electrons.